The van der Waals surface area contributed by atoms with Crippen LogP contribution in [0.15, 0.2) is 18.2 Å². The maximum absolute atomic E-state index is 12.9. The molecule has 1 saturated heterocycles. The van der Waals surface area contributed by atoms with Crippen LogP contribution < -0.4 is 0 Å². The minimum absolute atomic E-state index is 0.00160. The van der Waals surface area contributed by atoms with E-state index in [1.807, 2.05) is 0 Å². The van der Waals surface area contributed by atoms with Gasteiger partial charge in [0, 0.05) is 37.1 Å². The molecule has 0 aromatic heterocycles. The van der Waals surface area contributed by atoms with E-state index in [1.54, 1.807) is 11.0 Å². The topological polar surface area (TPSA) is 40.5 Å². The number of amides is 1. The van der Waals surface area contributed by atoms with Gasteiger partial charge in [-0.15, -0.1) is 0 Å². The van der Waals surface area contributed by atoms with Crippen molar-refractivity contribution < 1.29 is 14.3 Å². The zero-order valence-electron chi connectivity index (χ0n) is 9.20. The molecule has 1 aliphatic rings. The summed E-state index contributed by atoms with van der Waals surface area (Å²) in [7, 11) is 0. The van der Waals surface area contributed by atoms with Crippen LogP contribution in [-0.4, -0.2) is 29.1 Å². The Morgan fingerprint density at radius 3 is 2.88 bits per heavy atom. The van der Waals surface area contributed by atoms with Crippen LogP contribution in [0.1, 0.15) is 12.0 Å². The van der Waals surface area contributed by atoms with Crippen molar-refractivity contribution in [2.75, 3.05) is 13.2 Å². The average molecular weight is 258 g/mol. The molecule has 17 heavy (non-hydrogen) atoms. The third-order valence-corrected chi connectivity index (χ3v) is 3.28. The zero-order chi connectivity index (χ0) is 12.4. The fourth-order valence-corrected chi connectivity index (χ4v) is 2.21. The van der Waals surface area contributed by atoms with E-state index in [0.717, 1.165) is 5.56 Å². The monoisotopic (exact) mass is 257 g/mol. The Morgan fingerprint density at radius 1 is 1.53 bits per heavy atom. The Bertz CT molecular complexity index is 439. The van der Waals surface area contributed by atoms with E-state index in [4.69, 9.17) is 16.7 Å². The van der Waals surface area contributed by atoms with E-state index in [2.05, 4.69) is 0 Å². The first-order valence-electron chi connectivity index (χ1n) is 5.42. The molecule has 0 bridgehead atoms. The number of hydrogen-bond donors (Lipinski definition) is 1. The summed E-state index contributed by atoms with van der Waals surface area (Å²) >= 11 is 5.90. The van der Waals surface area contributed by atoms with Gasteiger partial charge in [0.2, 0.25) is 5.91 Å². The first-order valence-corrected chi connectivity index (χ1v) is 5.80. The maximum atomic E-state index is 12.9. The van der Waals surface area contributed by atoms with Gasteiger partial charge in [-0.2, -0.15) is 0 Å². The second kappa shape index (κ2) is 5.02. The standard InChI is InChI=1S/C12H13ClFNO2/c13-11-4-10(14)2-1-9(11)6-15-5-8(7-16)3-12(15)17/h1-2,4,8,16H,3,5-7H2. The SMILES string of the molecule is O=C1CC(CO)CN1Cc1ccc(F)cc1Cl. The fraction of sp³-hybridized carbons (Fsp3) is 0.417. The van der Waals surface area contributed by atoms with Crippen molar-refractivity contribution in [3.63, 3.8) is 0 Å². The number of likely N-dealkylation sites (tertiary alicyclic amines) is 1. The molecule has 1 heterocycles. The van der Waals surface area contributed by atoms with Gasteiger partial charge in [-0.25, -0.2) is 4.39 Å². The lowest BCUT2D eigenvalue weighted by atomic mass is 10.1. The van der Waals surface area contributed by atoms with Crippen LogP contribution in [-0.2, 0) is 11.3 Å². The van der Waals surface area contributed by atoms with E-state index in [0.29, 0.717) is 24.5 Å². The quantitative estimate of drug-likeness (QED) is 0.897. The summed E-state index contributed by atoms with van der Waals surface area (Å²) in [6.07, 6.45) is 0.370. The average Bonchev–Trinajstić information content (AvgIpc) is 2.64. The van der Waals surface area contributed by atoms with Crippen molar-refractivity contribution in [1.29, 1.82) is 0 Å². The highest BCUT2D eigenvalue weighted by atomic mass is 35.5. The molecule has 1 unspecified atom stereocenters. The van der Waals surface area contributed by atoms with Gasteiger partial charge in [0.15, 0.2) is 0 Å². The van der Waals surface area contributed by atoms with Crippen LogP contribution >= 0.6 is 11.6 Å². The highest BCUT2D eigenvalue weighted by Crippen LogP contribution is 2.23. The van der Waals surface area contributed by atoms with Crippen molar-refractivity contribution in [3.8, 4) is 0 Å². The lowest BCUT2D eigenvalue weighted by Crippen LogP contribution is -2.25. The van der Waals surface area contributed by atoms with Crippen LogP contribution in [0, 0.1) is 11.7 Å². The number of rotatable bonds is 3. The number of carbonyl (C=O) groups is 1. The summed E-state index contributed by atoms with van der Waals surface area (Å²) in [6.45, 7) is 0.914. The molecule has 1 amide bonds. The van der Waals surface area contributed by atoms with Crippen molar-refractivity contribution in [3.05, 3.63) is 34.6 Å². The molecule has 92 valence electrons. The molecule has 1 atom stereocenters. The fourth-order valence-electron chi connectivity index (χ4n) is 1.98. The van der Waals surface area contributed by atoms with Gasteiger partial charge >= 0.3 is 0 Å². The second-order valence-corrected chi connectivity index (χ2v) is 4.67. The van der Waals surface area contributed by atoms with E-state index >= 15 is 0 Å². The number of aliphatic hydroxyl groups excluding tert-OH is 1. The van der Waals surface area contributed by atoms with E-state index in [1.165, 1.54) is 12.1 Å². The summed E-state index contributed by atoms with van der Waals surface area (Å²) in [5, 5.41) is 9.33. The molecule has 1 N–H and O–H groups in total. The largest absolute Gasteiger partial charge is 0.396 e. The molecule has 1 fully saturated rings. The smallest absolute Gasteiger partial charge is 0.223 e. The number of nitrogens with zero attached hydrogens (tertiary/aromatic N) is 1. The van der Waals surface area contributed by atoms with E-state index < -0.39 is 0 Å². The van der Waals surface area contributed by atoms with Crippen LogP contribution in [0.2, 0.25) is 5.02 Å². The van der Waals surface area contributed by atoms with Crippen molar-refractivity contribution in [1.82, 2.24) is 4.90 Å². The lowest BCUT2D eigenvalue weighted by molar-refractivity contribution is -0.128. The van der Waals surface area contributed by atoms with E-state index in [-0.39, 0.29) is 24.2 Å². The molecule has 0 saturated carbocycles. The Hall–Kier alpha value is -1.13. The maximum Gasteiger partial charge on any atom is 0.223 e. The predicted molar refractivity (Wildman–Crippen MR) is 62.0 cm³/mol. The summed E-state index contributed by atoms with van der Waals surface area (Å²) < 4.78 is 12.9. The minimum atomic E-state index is -0.389. The lowest BCUT2D eigenvalue weighted by Gasteiger charge is -2.17. The number of benzene rings is 1. The van der Waals surface area contributed by atoms with Crippen molar-refractivity contribution >= 4 is 17.5 Å². The van der Waals surface area contributed by atoms with Gasteiger partial charge in [0.05, 0.1) is 0 Å². The Kier molecular flexibility index (Phi) is 3.64. The predicted octanol–water partition coefficient (Wildman–Crippen LogP) is 1.82. The van der Waals surface area contributed by atoms with Gasteiger partial charge in [-0.05, 0) is 17.7 Å². The highest BCUT2D eigenvalue weighted by Gasteiger charge is 2.29. The number of aliphatic hydroxyl groups is 1. The summed E-state index contributed by atoms with van der Waals surface area (Å²) in [4.78, 5) is 13.3. The highest BCUT2D eigenvalue weighted by molar-refractivity contribution is 6.31. The third kappa shape index (κ3) is 2.76. The number of hydrogen-bond acceptors (Lipinski definition) is 2. The molecule has 0 spiro atoms. The molecule has 3 nitrogen and oxygen atoms in total. The first-order chi connectivity index (χ1) is 8.10. The van der Waals surface area contributed by atoms with Gasteiger partial charge in [-0.3, -0.25) is 4.79 Å². The van der Waals surface area contributed by atoms with Gasteiger partial charge in [-0.1, -0.05) is 17.7 Å². The zero-order valence-corrected chi connectivity index (χ0v) is 9.95. The molecular weight excluding hydrogens is 245 g/mol. The normalized spacial score (nSPS) is 20.1. The summed E-state index contributed by atoms with van der Waals surface area (Å²) in [5.41, 5.74) is 0.722. The van der Waals surface area contributed by atoms with Gasteiger partial charge in [0.1, 0.15) is 5.82 Å². The molecule has 1 aromatic rings. The van der Waals surface area contributed by atoms with Crippen molar-refractivity contribution in [2.24, 2.45) is 5.92 Å². The molecule has 1 aliphatic heterocycles. The van der Waals surface area contributed by atoms with Crippen molar-refractivity contribution in [2.45, 2.75) is 13.0 Å². The third-order valence-electron chi connectivity index (χ3n) is 2.93. The van der Waals surface area contributed by atoms with Crippen LogP contribution in [0.25, 0.3) is 0 Å². The van der Waals surface area contributed by atoms with Gasteiger partial charge < -0.3 is 10.0 Å². The number of carbonyl (C=O) groups excluding carboxylic acids is 1. The molecule has 5 heteroatoms. The minimum Gasteiger partial charge on any atom is -0.396 e. The Balaban J connectivity index is 2.08. The summed E-state index contributed by atoms with van der Waals surface area (Å²) in [5.74, 6) is -0.383. The second-order valence-electron chi connectivity index (χ2n) is 4.26. The Labute approximate surface area is 104 Å². The van der Waals surface area contributed by atoms with Gasteiger partial charge in [0.25, 0.3) is 0 Å². The van der Waals surface area contributed by atoms with Crippen LogP contribution in [0.5, 0.6) is 0 Å². The molecular formula is C12H13ClFNO2. The number of halogens is 2. The van der Waals surface area contributed by atoms with E-state index in [9.17, 15) is 9.18 Å². The molecule has 1 aromatic carbocycles. The molecule has 0 aliphatic carbocycles. The first kappa shape index (κ1) is 12.3. The molecule has 0 radical (unpaired) electrons. The molecule has 2 rings (SSSR count). The summed E-state index contributed by atoms with van der Waals surface area (Å²) in [6, 6.07) is 4.14. The van der Waals surface area contributed by atoms with Crippen LogP contribution in [0.4, 0.5) is 4.39 Å². The van der Waals surface area contributed by atoms with Crippen LogP contribution in [0.3, 0.4) is 0 Å². The Morgan fingerprint density at radius 2 is 2.29 bits per heavy atom.